The fourth-order valence-corrected chi connectivity index (χ4v) is 4.48. The molecule has 0 saturated heterocycles. The van der Waals surface area contributed by atoms with Crippen molar-refractivity contribution >= 4 is 17.9 Å². The van der Waals surface area contributed by atoms with Crippen molar-refractivity contribution in [3.8, 4) is 57.5 Å². The van der Waals surface area contributed by atoms with Crippen molar-refractivity contribution in [2.75, 3.05) is 0 Å². The van der Waals surface area contributed by atoms with Crippen LogP contribution in [0.25, 0.3) is 57.5 Å². The average Bonchev–Trinajstić information content (AvgIpc) is 3.89. The number of hydrogen-bond donors (Lipinski definition) is 3. The van der Waals surface area contributed by atoms with E-state index in [0.29, 0.717) is 40.1 Å². The van der Waals surface area contributed by atoms with Crippen LogP contribution in [0.1, 0.15) is 31.5 Å². The maximum Gasteiger partial charge on any atom is 0.356 e. The minimum absolute atomic E-state index is 0. The molecule has 0 atom stereocenters. The Kier molecular flexibility index (Phi) is 16.4. The second kappa shape index (κ2) is 22.9. The second-order valence-corrected chi connectivity index (χ2v) is 11.4. The summed E-state index contributed by atoms with van der Waals surface area (Å²) in [4.78, 5) is 63.8. The van der Waals surface area contributed by atoms with Gasteiger partial charge in [0, 0.05) is 44.3 Å². The molecule has 0 amide bonds. The van der Waals surface area contributed by atoms with Gasteiger partial charge in [-0.3, -0.25) is 19.9 Å². The van der Waals surface area contributed by atoms with Crippen molar-refractivity contribution in [2.24, 2.45) is 0 Å². The molecule has 0 aromatic carbocycles. The van der Waals surface area contributed by atoms with E-state index in [4.69, 9.17) is 19.7 Å². The van der Waals surface area contributed by atoms with Gasteiger partial charge in [0.05, 0.1) is 31.1 Å². The van der Waals surface area contributed by atoms with Crippen LogP contribution >= 0.6 is 0 Å². The first-order chi connectivity index (χ1) is 30.2. The molecule has 9 aromatic rings. The molecule has 0 aliphatic carbocycles. The molecule has 9 heterocycles. The van der Waals surface area contributed by atoms with E-state index in [1.165, 1.54) is 0 Å². The van der Waals surface area contributed by atoms with E-state index in [-0.39, 0.29) is 54.0 Å². The molecule has 9 aromatic heterocycles. The summed E-state index contributed by atoms with van der Waals surface area (Å²) in [5, 5.41) is 55.7. The molecule has 24 heteroatoms. The Labute approximate surface area is 366 Å². The number of pyridine rings is 4. The Morgan fingerprint density at radius 3 is 1.02 bits per heavy atom. The molecule has 0 aliphatic heterocycles. The van der Waals surface area contributed by atoms with Crippen molar-refractivity contribution in [3.05, 3.63) is 158 Å². The van der Waals surface area contributed by atoms with E-state index in [0.717, 1.165) is 18.6 Å². The fraction of sp³-hybridized carbons (Fsp3) is 0. The Morgan fingerprint density at radius 2 is 0.730 bits per heavy atom. The molecule has 23 nitrogen and oxygen atoms in total. The molecule has 0 bridgehead atoms. The van der Waals surface area contributed by atoms with Crippen LogP contribution in [0.2, 0.25) is 0 Å². The fourth-order valence-electron chi connectivity index (χ4n) is 4.48. The van der Waals surface area contributed by atoms with E-state index in [1.54, 1.807) is 97.9 Å². The maximum absolute atomic E-state index is 10.6. The van der Waals surface area contributed by atoms with E-state index < -0.39 is 17.9 Å². The normalized spacial score (nSPS) is 9.84. The predicted octanol–water partition coefficient (Wildman–Crippen LogP) is 4.09. The summed E-state index contributed by atoms with van der Waals surface area (Å²) >= 11 is 0. The summed E-state index contributed by atoms with van der Waals surface area (Å²) < 4.78 is 5.26. The molecule has 0 spiro atoms. The second-order valence-electron chi connectivity index (χ2n) is 11.4. The van der Waals surface area contributed by atoms with E-state index in [9.17, 15) is 14.4 Å². The van der Waals surface area contributed by atoms with Gasteiger partial charge in [0.2, 0.25) is 23.3 Å². The standard InChI is InChI=1S/C12H8N4O.3C9H6N4O2.Zn/c1-2-6-13-9(4-1)12-15-10(8-14-16-12)11-5-3-7-17-11;3*14-9(15)7-5-11-13-8(12-7)6-3-1-2-4-10-6;/h1-8H;3*1-5H,(H,14,15);. The third kappa shape index (κ3) is 13.2. The first kappa shape index (κ1) is 45.0. The molecule has 0 fully saturated rings. The van der Waals surface area contributed by atoms with Crippen molar-refractivity contribution < 1.29 is 53.6 Å². The van der Waals surface area contributed by atoms with Crippen LogP contribution in [0.5, 0.6) is 0 Å². The summed E-state index contributed by atoms with van der Waals surface area (Å²) in [5.41, 5.74) is 2.37. The summed E-state index contributed by atoms with van der Waals surface area (Å²) in [6.45, 7) is 0. The molecule has 9 rings (SSSR count). The number of carboxylic acid groups (broad SMARTS) is 3. The monoisotopic (exact) mass is 894 g/mol. The molecular weight excluding hydrogens is 870 g/mol. The summed E-state index contributed by atoms with van der Waals surface area (Å²) in [6.07, 6.45) is 12.9. The summed E-state index contributed by atoms with van der Waals surface area (Å²) in [7, 11) is 0. The van der Waals surface area contributed by atoms with Crippen LogP contribution in [0, 0.1) is 0 Å². The smallest absolute Gasteiger partial charge is 0.356 e. The third-order valence-electron chi connectivity index (χ3n) is 7.24. The first-order valence-corrected chi connectivity index (χ1v) is 17.4. The Morgan fingerprint density at radius 1 is 0.397 bits per heavy atom. The van der Waals surface area contributed by atoms with Gasteiger partial charge in [0.15, 0.2) is 22.8 Å². The molecule has 3 N–H and O–H groups in total. The van der Waals surface area contributed by atoms with Gasteiger partial charge in [-0.15, -0.1) is 20.4 Å². The van der Waals surface area contributed by atoms with Crippen molar-refractivity contribution in [1.29, 1.82) is 0 Å². The number of furan rings is 1. The van der Waals surface area contributed by atoms with E-state index >= 15 is 0 Å². The molecule has 0 unspecified atom stereocenters. The van der Waals surface area contributed by atoms with Crippen LogP contribution in [0.4, 0.5) is 0 Å². The number of carbonyl (C=O) groups is 3. The topological polar surface area (TPSA) is 331 Å². The number of hydrogen-bond acceptors (Lipinski definition) is 20. The van der Waals surface area contributed by atoms with Crippen LogP contribution in [-0.4, -0.2) is 114 Å². The maximum atomic E-state index is 10.6. The number of aromatic nitrogens is 16. The van der Waals surface area contributed by atoms with Crippen molar-refractivity contribution in [2.45, 2.75) is 0 Å². The van der Waals surface area contributed by atoms with E-state index in [2.05, 4.69) is 80.7 Å². The molecule has 306 valence electrons. The molecular formula is C39H26N16O7Zn. The number of nitrogens with zero attached hydrogens (tertiary/aromatic N) is 16. The Hall–Kier alpha value is -9.05. The zero-order valence-electron chi connectivity index (χ0n) is 32.1. The predicted molar refractivity (Wildman–Crippen MR) is 211 cm³/mol. The SMILES string of the molecule is O=C(O)c1cnnc(-c2ccccn2)n1.O=C(O)c1cnnc(-c2ccccn2)n1.O=C(O)c1cnnc(-c2ccccn2)n1.[Zn].c1ccc(-c2nncc(-c3ccco3)n2)nc1. The minimum Gasteiger partial charge on any atom is -0.476 e. The first-order valence-electron chi connectivity index (χ1n) is 17.4. The zero-order chi connectivity index (χ0) is 43.5. The number of carboxylic acids is 3. The average molecular weight is 896 g/mol. The van der Waals surface area contributed by atoms with Gasteiger partial charge >= 0.3 is 17.9 Å². The minimum atomic E-state index is -1.14. The Balaban J connectivity index is 0.000000158. The van der Waals surface area contributed by atoms with Gasteiger partial charge in [-0.1, -0.05) is 24.3 Å². The molecule has 0 aliphatic rings. The molecule has 63 heavy (non-hydrogen) atoms. The van der Waals surface area contributed by atoms with Crippen LogP contribution in [0.15, 0.2) is 145 Å². The van der Waals surface area contributed by atoms with Gasteiger partial charge in [0.25, 0.3) is 0 Å². The van der Waals surface area contributed by atoms with Gasteiger partial charge < -0.3 is 19.7 Å². The van der Waals surface area contributed by atoms with Gasteiger partial charge in [-0.2, -0.15) is 20.4 Å². The number of aromatic carboxylic acids is 3. The van der Waals surface area contributed by atoms with Crippen LogP contribution in [0.3, 0.4) is 0 Å². The number of rotatable bonds is 8. The third-order valence-corrected chi connectivity index (χ3v) is 7.24. The summed E-state index contributed by atoms with van der Waals surface area (Å²) in [6, 6.07) is 24.8. The zero-order valence-corrected chi connectivity index (χ0v) is 35.1. The van der Waals surface area contributed by atoms with Gasteiger partial charge in [0.1, 0.15) is 28.5 Å². The summed E-state index contributed by atoms with van der Waals surface area (Å²) in [5.74, 6) is -1.65. The van der Waals surface area contributed by atoms with Crippen LogP contribution in [-0.2, 0) is 19.5 Å². The molecule has 0 radical (unpaired) electrons. The van der Waals surface area contributed by atoms with Crippen molar-refractivity contribution in [1.82, 2.24) is 80.7 Å². The van der Waals surface area contributed by atoms with E-state index in [1.807, 2.05) is 24.3 Å². The van der Waals surface area contributed by atoms with Gasteiger partial charge in [-0.25, -0.2) is 34.3 Å². The van der Waals surface area contributed by atoms with Crippen LogP contribution < -0.4 is 0 Å². The van der Waals surface area contributed by atoms with Crippen molar-refractivity contribution in [3.63, 3.8) is 0 Å². The van der Waals surface area contributed by atoms with Gasteiger partial charge in [-0.05, 0) is 60.7 Å². The largest absolute Gasteiger partial charge is 0.476 e. The molecule has 0 saturated carbocycles. The Bertz CT molecular complexity index is 2640. The quantitative estimate of drug-likeness (QED) is 0.181.